The van der Waals surface area contributed by atoms with E-state index in [1.165, 1.54) is 18.4 Å². The van der Waals surface area contributed by atoms with E-state index in [9.17, 15) is 4.79 Å². The Kier molecular flexibility index (Phi) is 4.63. The van der Waals surface area contributed by atoms with Crippen molar-refractivity contribution >= 4 is 5.91 Å². The lowest BCUT2D eigenvalue weighted by molar-refractivity contribution is -0.127. The molecule has 2 aliphatic heterocycles. The predicted molar refractivity (Wildman–Crippen MR) is 90.4 cm³/mol. The summed E-state index contributed by atoms with van der Waals surface area (Å²) in [7, 11) is 0. The summed E-state index contributed by atoms with van der Waals surface area (Å²) in [6, 6.07) is 2.23. The highest BCUT2D eigenvalue weighted by Crippen LogP contribution is 2.41. The molecule has 5 nitrogen and oxygen atoms in total. The van der Waals surface area contributed by atoms with E-state index >= 15 is 0 Å². The van der Waals surface area contributed by atoms with Gasteiger partial charge in [-0.1, -0.05) is 0 Å². The molecule has 5 heteroatoms. The molecule has 24 heavy (non-hydrogen) atoms. The first kappa shape index (κ1) is 16.2. The minimum Gasteiger partial charge on any atom is -0.472 e. The summed E-state index contributed by atoms with van der Waals surface area (Å²) in [4.78, 5) is 14.8. The van der Waals surface area contributed by atoms with Crippen LogP contribution in [0, 0.1) is 11.3 Å². The summed E-state index contributed by atoms with van der Waals surface area (Å²) >= 11 is 0. The van der Waals surface area contributed by atoms with Crippen LogP contribution in [0.3, 0.4) is 0 Å². The van der Waals surface area contributed by atoms with Gasteiger partial charge in [-0.2, -0.15) is 0 Å². The number of rotatable bonds is 5. The molecule has 132 valence electrons. The van der Waals surface area contributed by atoms with E-state index in [0.717, 1.165) is 45.5 Å². The molecule has 1 N–H and O–H groups in total. The van der Waals surface area contributed by atoms with E-state index in [1.807, 2.05) is 12.3 Å². The normalized spacial score (nSPS) is 27.2. The van der Waals surface area contributed by atoms with Crippen LogP contribution in [0.5, 0.6) is 0 Å². The molecule has 3 fully saturated rings. The summed E-state index contributed by atoms with van der Waals surface area (Å²) in [6.07, 6.45) is 10.1. The molecule has 1 spiro atoms. The third-order valence-electron chi connectivity index (χ3n) is 6.11. The highest BCUT2D eigenvalue weighted by Gasteiger charge is 2.44. The van der Waals surface area contributed by atoms with Crippen LogP contribution < -0.4 is 5.32 Å². The summed E-state index contributed by atoms with van der Waals surface area (Å²) in [5.41, 5.74) is 1.47. The van der Waals surface area contributed by atoms with Crippen molar-refractivity contribution in [2.45, 2.75) is 51.1 Å². The third kappa shape index (κ3) is 3.67. The molecule has 1 aliphatic carbocycles. The van der Waals surface area contributed by atoms with Gasteiger partial charge in [0.1, 0.15) is 0 Å². The van der Waals surface area contributed by atoms with Gasteiger partial charge in [0, 0.05) is 25.1 Å². The lowest BCUT2D eigenvalue weighted by atomic mass is 9.69. The molecule has 0 radical (unpaired) electrons. The molecule has 4 rings (SSSR count). The van der Waals surface area contributed by atoms with Crippen molar-refractivity contribution in [2.75, 3.05) is 26.3 Å². The van der Waals surface area contributed by atoms with E-state index in [4.69, 9.17) is 9.15 Å². The quantitative estimate of drug-likeness (QED) is 0.900. The number of carbonyl (C=O) groups is 1. The predicted octanol–water partition coefficient (Wildman–Crippen LogP) is 2.57. The van der Waals surface area contributed by atoms with Gasteiger partial charge in [0.2, 0.25) is 5.91 Å². The van der Waals surface area contributed by atoms with E-state index in [0.29, 0.717) is 18.9 Å². The van der Waals surface area contributed by atoms with Crippen molar-refractivity contribution in [3.63, 3.8) is 0 Å². The summed E-state index contributed by atoms with van der Waals surface area (Å²) in [5.74, 6) is 0.871. The number of nitrogens with zero attached hydrogens (tertiary/aromatic N) is 1. The second kappa shape index (κ2) is 6.89. The fraction of sp³-hybridized carbons (Fsp3) is 0.737. The zero-order valence-corrected chi connectivity index (χ0v) is 14.3. The summed E-state index contributed by atoms with van der Waals surface area (Å²) in [6.45, 7) is 4.64. The second-order valence-corrected chi connectivity index (χ2v) is 7.86. The number of likely N-dealkylation sites (tertiary alicyclic amines) is 1. The molecule has 3 aliphatic rings. The first-order chi connectivity index (χ1) is 11.7. The number of hydrogen-bond donors (Lipinski definition) is 1. The Hall–Kier alpha value is -1.33. The lowest BCUT2D eigenvalue weighted by Gasteiger charge is -2.49. The van der Waals surface area contributed by atoms with Crippen molar-refractivity contribution in [2.24, 2.45) is 11.3 Å². The number of hydrogen-bond acceptors (Lipinski definition) is 4. The maximum absolute atomic E-state index is 12.3. The Balaban J connectivity index is 1.34. The van der Waals surface area contributed by atoms with Crippen molar-refractivity contribution in [3.8, 4) is 0 Å². The molecular weight excluding hydrogens is 304 g/mol. The molecule has 1 aromatic rings. The molecule has 0 unspecified atom stereocenters. The Morgan fingerprint density at radius 1 is 1.29 bits per heavy atom. The minimum atomic E-state index is 0.188. The van der Waals surface area contributed by atoms with Crippen LogP contribution in [0.25, 0.3) is 0 Å². The average Bonchev–Trinajstić information content (AvgIpc) is 3.24. The Labute approximate surface area is 143 Å². The molecule has 0 aromatic carbocycles. The van der Waals surface area contributed by atoms with Gasteiger partial charge in [0.15, 0.2) is 0 Å². The topological polar surface area (TPSA) is 54.7 Å². The first-order valence-corrected chi connectivity index (χ1v) is 9.34. The van der Waals surface area contributed by atoms with E-state index in [2.05, 4.69) is 10.2 Å². The maximum atomic E-state index is 12.3. The van der Waals surface area contributed by atoms with Gasteiger partial charge >= 0.3 is 0 Å². The van der Waals surface area contributed by atoms with E-state index < -0.39 is 0 Å². The number of furan rings is 1. The third-order valence-corrected chi connectivity index (χ3v) is 6.11. The van der Waals surface area contributed by atoms with Crippen molar-refractivity contribution in [1.29, 1.82) is 0 Å². The number of carbonyl (C=O) groups excluding carboxylic acids is 1. The molecule has 0 bridgehead atoms. The highest BCUT2D eigenvalue weighted by molar-refractivity contribution is 5.77. The highest BCUT2D eigenvalue weighted by atomic mass is 16.5. The van der Waals surface area contributed by atoms with Gasteiger partial charge in [-0.3, -0.25) is 9.69 Å². The SMILES string of the molecule is O=C(CC1CC1)N[C@H]1COCCC12CCN(Cc1ccoc1)CC2. The molecule has 1 amide bonds. The minimum absolute atomic E-state index is 0.188. The summed E-state index contributed by atoms with van der Waals surface area (Å²) < 4.78 is 10.9. The average molecular weight is 332 g/mol. The van der Waals surface area contributed by atoms with Crippen LogP contribution in [-0.2, 0) is 16.1 Å². The van der Waals surface area contributed by atoms with E-state index in [1.54, 1.807) is 6.26 Å². The first-order valence-electron chi connectivity index (χ1n) is 9.34. The fourth-order valence-corrected chi connectivity index (χ4v) is 4.26. The zero-order valence-electron chi connectivity index (χ0n) is 14.3. The van der Waals surface area contributed by atoms with Gasteiger partial charge in [0.25, 0.3) is 0 Å². The fourth-order valence-electron chi connectivity index (χ4n) is 4.26. The molecule has 3 heterocycles. The molecule has 1 atom stereocenters. The second-order valence-electron chi connectivity index (χ2n) is 7.86. The van der Waals surface area contributed by atoms with E-state index in [-0.39, 0.29) is 17.4 Å². The summed E-state index contributed by atoms with van der Waals surface area (Å²) in [5, 5.41) is 3.31. The monoisotopic (exact) mass is 332 g/mol. The van der Waals surface area contributed by atoms with Gasteiger partial charge in [0.05, 0.1) is 25.2 Å². The lowest BCUT2D eigenvalue weighted by Crippen LogP contribution is -2.57. The molecular formula is C19H28N2O3. The maximum Gasteiger partial charge on any atom is 0.220 e. The number of ether oxygens (including phenoxy) is 1. The van der Waals surface area contributed by atoms with Crippen molar-refractivity contribution in [1.82, 2.24) is 10.2 Å². The van der Waals surface area contributed by atoms with Gasteiger partial charge in [-0.25, -0.2) is 0 Å². The molecule has 1 saturated carbocycles. The Morgan fingerprint density at radius 2 is 2.12 bits per heavy atom. The van der Waals surface area contributed by atoms with Crippen molar-refractivity contribution < 1.29 is 13.9 Å². The standard InChI is InChI=1S/C19H28N2O3/c22-18(11-15-1-2-15)20-17-14-24-10-6-19(17)4-7-21(8-5-19)12-16-3-9-23-13-16/h3,9,13,15,17H,1-2,4-8,10-12,14H2,(H,20,22)/t17-/m0/s1. The van der Waals surface area contributed by atoms with Crippen molar-refractivity contribution in [3.05, 3.63) is 24.2 Å². The smallest absolute Gasteiger partial charge is 0.220 e. The van der Waals surface area contributed by atoms with Crippen LogP contribution in [0.2, 0.25) is 0 Å². The molecule has 1 aromatic heterocycles. The van der Waals surface area contributed by atoms with Gasteiger partial charge in [-0.05, 0) is 62.6 Å². The number of piperidine rings is 1. The Morgan fingerprint density at radius 3 is 2.83 bits per heavy atom. The largest absolute Gasteiger partial charge is 0.472 e. The van der Waals surface area contributed by atoms with Crippen LogP contribution in [0.15, 0.2) is 23.0 Å². The zero-order chi connectivity index (χ0) is 16.4. The number of amides is 1. The van der Waals surface area contributed by atoms with Gasteiger partial charge in [-0.15, -0.1) is 0 Å². The van der Waals surface area contributed by atoms with Crippen LogP contribution in [0.4, 0.5) is 0 Å². The van der Waals surface area contributed by atoms with Crippen LogP contribution >= 0.6 is 0 Å². The molecule has 2 saturated heterocycles. The van der Waals surface area contributed by atoms with Crippen LogP contribution in [-0.4, -0.2) is 43.2 Å². The van der Waals surface area contributed by atoms with Crippen LogP contribution in [0.1, 0.15) is 44.1 Å². The number of nitrogens with one attached hydrogen (secondary N) is 1. The van der Waals surface area contributed by atoms with Gasteiger partial charge < -0.3 is 14.5 Å². The Bertz CT molecular complexity index is 545.